The first-order chi connectivity index (χ1) is 10.7. The lowest BCUT2D eigenvalue weighted by Gasteiger charge is -2.15. The van der Waals surface area contributed by atoms with Crippen molar-refractivity contribution in [3.05, 3.63) is 41.1 Å². The maximum atomic E-state index is 13.0. The van der Waals surface area contributed by atoms with Gasteiger partial charge in [0.1, 0.15) is 5.82 Å². The number of aromatic nitrogens is 2. The van der Waals surface area contributed by atoms with E-state index in [-0.39, 0.29) is 17.8 Å². The van der Waals surface area contributed by atoms with E-state index in [1.807, 2.05) is 26.0 Å². The summed E-state index contributed by atoms with van der Waals surface area (Å²) in [6.07, 6.45) is -4.53. The van der Waals surface area contributed by atoms with Gasteiger partial charge in [0.25, 0.3) is 0 Å². The number of aryl methyl sites for hydroxylation is 1. The Hall–Kier alpha value is -2.31. The highest BCUT2D eigenvalue weighted by Gasteiger charge is 2.33. The van der Waals surface area contributed by atoms with E-state index in [0.29, 0.717) is 5.69 Å². The average molecular weight is 324 g/mol. The Morgan fingerprint density at radius 2 is 1.78 bits per heavy atom. The van der Waals surface area contributed by atoms with Gasteiger partial charge in [0.05, 0.1) is 0 Å². The third-order valence-electron chi connectivity index (χ3n) is 3.30. The average Bonchev–Trinajstić information content (AvgIpc) is 2.42. The zero-order valence-corrected chi connectivity index (χ0v) is 13.4. The molecule has 0 aliphatic rings. The number of rotatable bonds is 4. The molecule has 1 aromatic heterocycles. The van der Waals surface area contributed by atoms with Crippen LogP contribution >= 0.6 is 0 Å². The van der Waals surface area contributed by atoms with Crippen LogP contribution < -0.4 is 10.6 Å². The van der Waals surface area contributed by atoms with Gasteiger partial charge >= 0.3 is 6.18 Å². The molecule has 0 spiro atoms. The summed E-state index contributed by atoms with van der Waals surface area (Å²) in [5.74, 6) is 0.0480. The summed E-state index contributed by atoms with van der Waals surface area (Å²) >= 11 is 0. The number of hydrogen-bond acceptors (Lipinski definition) is 4. The molecule has 0 saturated heterocycles. The van der Waals surface area contributed by atoms with Crippen molar-refractivity contribution < 1.29 is 13.2 Å². The number of anilines is 3. The molecule has 2 aromatic rings. The molecule has 1 aromatic carbocycles. The zero-order chi connectivity index (χ0) is 17.2. The number of alkyl halides is 3. The van der Waals surface area contributed by atoms with E-state index in [1.54, 1.807) is 19.9 Å². The highest BCUT2D eigenvalue weighted by molar-refractivity contribution is 5.63. The normalized spacial score (nSPS) is 11.7. The number of halogens is 3. The van der Waals surface area contributed by atoms with E-state index in [1.165, 1.54) is 0 Å². The predicted octanol–water partition coefficient (Wildman–Crippen LogP) is 4.68. The highest BCUT2D eigenvalue weighted by atomic mass is 19.4. The van der Waals surface area contributed by atoms with E-state index in [0.717, 1.165) is 17.2 Å². The van der Waals surface area contributed by atoms with Gasteiger partial charge in [-0.25, -0.2) is 4.98 Å². The lowest BCUT2D eigenvalue weighted by Crippen LogP contribution is -2.17. The van der Waals surface area contributed by atoms with Gasteiger partial charge in [-0.15, -0.1) is 0 Å². The largest absolute Gasteiger partial charge is 0.433 e. The molecule has 0 unspecified atom stereocenters. The summed E-state index contributed by atoms with van der Waals surface area (Å²) in [5, 5.41) is 5.76. The molecule has 0 bridgehead atoms. The van der Waals surface area contributed by atoms with Gasteiger partial charge in [-0.05, 0) is 44.9 Å². The van der Waals surface area contributed by atoms with Crippen molar-refractivity contribution in [3.8, 4) is 0 Å². The van der Waals surface area contributed by atoms with Crippen LogP contribution in [0.5, 0.6) is 0 Å². The lowest BCUT2D eigenvalue weighted by atomic mass is 10.1. The standard InChI is InChI=1S/C16H19F3N4/c1-9(2)20-15-22-13(16(17,18)19)8-14(23-15)21-12-7-5-6-10(3)11(12)4/h5-9H,1-4H3,(H2,20,21,22,23). The Morgan fingerprint density at radius 3 is 2.39 bits per heavy atom. The van der Waals surface area contributed by atoms with Crippen molar-refractivity contribution in [2.75, 3.05) is 10.6 Å². The maximum absolute atomic E-state index is 13.0. The minimum absolute atomic E-state index is 0.0531. The van der Waals surface area contributed by atoms with Crippen molar-refractivity contribution in [2.24, 2.45) is 0 Å². The van der Waals surface area contributed by atoms with Crippen LogP contribution in [0.1, 0.15) is 30.7 Å². The van der Waals surface area contributed by atoms with Gasteiger partial charge in [-0.1, -0.05) is 12.1 Å². The highest BCUT2D eigenvalue weighted by Crippen LogP contribution is 2.31. The number of hydrogen-bond donors (Lipinski definition) is 2. The van der Waals surface area contributed by atoms with Crippen molar-refractivity contribution >= 4 is 17.5 Å². The molecule has 2 rings (SSSR count). The number of nitrogens with zero attached hydrogens (tertiary/aromatic N) is 2. The van der Waals surface area contributed by atoms with Crippen molar-refractivity contribution in [2.45, 2.75) is 39.9 Å². The molecule has 4 nitrogen and oxygen atoms in total. The fourth-order valence-electron chi connectivity index (χ4n) is 2.00. The van der Waals surface area contributed by atoms with Crippen molar-refractivity contribution in [1.82, 2.24) is 9.97 Å². The van der Waals surface area contributed by atoms with Gasteiger partial charge in [-0.3, -0.25) is 0 Å². The van der Waals surface area contributed by atoms with E-state index in [4.69, 9.17) is 0 Å². The number of benzene rings is 1. The minimum atomic E-state index is -4.53. The summed E-state index contributed by atoms with van der Waals surface area (Å²) < 4.78 is 39.1. The topological polar surface area (TPSA) is 49.8 Å². The summed E-state index contributed by atoms with van der Waals surface area (Å²) in [6.45, 7) is 7.45. The van der Waals surface area contributed by atoms with Gasteiger partial charge in [-0.2, -0.15) is 18.2 Å². The molecule has 2 N–H and O–H groups in total. The van der Waals surface area contributed by atoms with Crippen LogP contribution in [0.15, 0.2) is 24.3 Å². The van der Waals surface area contributed by atoms with Crippen LogP contribution in [-0.4, -0.2) is 16.0 Å². The summed E-state index contributed by atoms with van der Waals surface area (Å²) in [7, 11) is 0. The quantitative estimate of drug-likeness (QED) is 0.857. The van der Waals surface area contributed by atoms with Gasteiger partial charge in [0.2, 0.25) is 5.95 Å². The second kappa shape index (κ2) is 6.44. The predicted molar refractivity (Wildman–Crippen MR) is 85.0 cm³/mol. The Bertz CT molecular complexity index is 696. The Morgan fingerprint density at radius 1 is 1.09 bits per heavy atom. The Labute approximate surface area is 133 Å². The third-order valence-corrected chi connectivity index (χ3v) is 3.30. The van der Waals surface area contributed by atoms with Crippen LogP contribution in [0, 0.1) is 13.8 Å². The molecular weight excluding hydrogens is 305 g/mol. The third kappa shape index (κ3) is 4.34. The molecule has 0 saturated carbocycles. The first kappa shape index (κ1) is 17.1. The first-order valence-electron chi connectivity index (χ1n) is 7.23. The molecule has 23 heavy (non-hydrogen) atoms. The van der Waals surface area contributed by atoms with E-state index >= 15 is 0 Å². The lowest BCUT2D eigenvalue weighted by molar-refractivity contribution is -0.141. The summed E-state index contributed by atoms with van der Waals surface area (Å²) in [5.41, 5.74) is 1.73. The monoisotopic (exact) mass is 324 g/mol. The smallest absolute Gasteiger partial charge is 0.352 e. The zero-order valence-electron chi connectivity index (χ0n) is 13.4. The molecular formula is C16H19F3N4. The molecule has 0 aliphatic heterocycles. The molecule has 7 heteroatoms. The Balaban J connectivity index is 2.42. The van der Waals surface area contributed by atoms with Crippen LogP contribution in [0.25, 0.3) is 0 Å². The SMILES string of the molecule is Cc1cccc(Nc2cc(C(F)(F)F)nc(NC(C)C)n2)c1C. The van der Waals surface area contributed by atoms with Crippen LogP contribution in [-0.2, 0) is 6.18 Å². The maximum Gasteiger partial charge on any atom is 0.433 e. The fourth-order valence-corrected chi connectivity index (χ4v) is 2.00. The van der Waals surface area contributed by atoms with Crippen LogP contribution in [0.2, 0.25) is 0 Å². The van der Waals surface area contributed by atoms with E-state index < -0.39 is 11.9 Å². The molecule has 124 valence electrons. The van der Waals surface area contributed by atoms with Gasteiger partial charge < -0.3 is 10.6 Å². The summed E-state index contributed by atoms with van der Waals surface area (Å²) in [4.78, 5) is 7.66. The Kier molecular flexibility index (Phi) is 4.77. The molecule has 1 heterocycles. The molecule has 0 radical (unpaired) electrons. The van der Waals surface area contributed by atoms with Crippen LogP contribution in [0.3, 0.4) is 0 Å². The number of nitrogens with one attached hydrogen (secondary N) is 2. The fraction of sp³-hybridized carbons (Fsp3) is 0.375. The second-order valence-electron chi connectivity index (χ2n) is 5.63. The minimum Gasteiger partial charge on any atom is -0.352 e. The summed E-state index contributed by atoms with van der Waals surface area (Å²) in [6, 6.07) is 6.41. The van der Waals surface area contributed by atoms with Gasteiger partial charge in [0, 0.05) is 17.8 Å². The second-order valence-corrected chi connectivity index (χ2v) is 5.63. The molecule has 0 aliphatic carbocycles. The van der Waals surface area contributed by atoms with Crippen molar-refractivity contribution in [3.63, 3.8) is 0 Å². The first-order valence-corrected chi connectivity index (χ1v) is 7.23. The molecule has 0 amide bonds. The van der Waals surface area contributed by atoms with Gasteiger partial charge in [0.15, 0.2) is 5.69 Å². The molecule has 0 fully saturated rings. The van der Waals surface area contributed by atoms with Crippen molar-refractivity contribution in [1.29, 1.82) is 0 Å². The van der Waals surface area contributed by atoms with E-state index in [2.05, 4.69) is 20.6 Å². The van der Waals surface area contributed by atoms with E-state index in [9.17, 15) is 13.2 Å². The molecule has 0 atom stereocenters. The van der Waals surface area contributed by atoms with Crippen LogP contribution in [0.4, 0.5) is 30.6 Å².